The standard InChI is InChI=1S/C15H28N4O2.HI/c1-11-8-19(12-3-4-12)9-14(11)18-15(16-2)17-7-13-10-20-5-6-21-13;/h11-14H,3-10H2,1-2H3,(H2,16,17,18);1H. The van der Waals surface area contributed by atoms with Crippen LogP contribution in [0.25, 0.3) is 0 Å². The number of nitrogens with one attached hydrogen (secondary N) is 2. The second-order valence-electron chi connectivity index (χ2n) is 6.43. The number of likely N-dealkylation sites (tertiary alicyclic amines) is 1. The maximum absolute atomic E-state index is 5.64. The molecule has 0 radical (unpaired) electrons. The minimum atomic E-state index is 0. The summed E-state index contributed by atoms with van der Waals surface area (Å²) in [7, 11) is 1.83. The van der Waals surface area contributed by atoms with Crippen LogP contribution in [0.1, 0.15) is 19.8 Å². The van der Waals surface area contributed by atoms with E-state index in [0.717, 1.165) is 25.1 Å². The second-order valence-corrected chi connectivity index (χ2v) is 6.43. The molecule has 6 nitrogen and oxygen atoms in total. The highest BCUT2D eigenvalue weighted by Crippen LogP contribution is 2.31. The number of ether oxygens (including phenoxy) is 2. The lowest BCUT2D eigenvalue weighted by Gasteiger charge is -2.25. The summed E-state index contributed by atoms with van der Waals surface area (Å²) in [5.41, 5.74) is 0. The van der Waals surface area contributed by atoms with Gasteiger partial charge in [-0.1, -0.05) is 6.92 Å². The first-order valence-electron chi connectivity index (χ1n) is 8.17. The van der Waals surface area contributed by atoms with E-state index in [4.69, 9.17) is 9.47 Å². The van der Waals surface area contributed by atoms with Gasteiger partial charge in [0.25, 0.3) is 0 Å². The van der Waals surface area contributed by atoms with Crippen LogP contribution in [0.15, 0.2) is 4.99 Å². The average Bonchev–Trinajstić information content (AvgIpc) is 3.29. The lowest BCUT2D eigenvalue weighted by Crippen LogP contribution is -2.49. The molecule has 2 saturated heterocycles. The summed E-state index contributed by atoms with van der Waals surface area (Å²) in [6.45, 7) is 7.47. The summed E-state index contributed by atoms with van der Waals surface area (Å²) in [5.74, 6) is 1.54. The van der Waals surface area contributed by atoms with Crippen LogP contribution in [0.2, 0.25) is 0 Å². The van der Waals surface area contributed by atoms with Gasteiger partial charge in [-0.3, -0.25) is 9.89 Å². The fourth-order valence-electron chi connectivity index (χ4n) is 3.17. The zero-order valence-electron chi connectivity index (χ0n) is 13.6. The molecule has 2 heterocycles. The van der Waals surface area contributed by atoms with Gasteiger partial charge in [0.15, 0.2) is 5.96 Å². The van der Waals surface area contributed by atoms with Crippen LogP contribution in [0.4, 0.5) is 0 Å². The summed E-state index contributed by atoms with van der Waals surface area (Å²) >= 11 is 0. The fraction of sp³-hybridized carbons (Fsp3) is 0.933. The van der Waals surface area contributed by atoms with Crippen molar-refractivity contribution in [3.05, 3.63) is 0 Å². The SMILES string of the molecule is CN=C(NCC1COCCO1)NC1CN(C2CC2)CC1C.I. The lowest BCUT2D eigenvalue weighted by atomic mass is 10.1. The number of halogens is 1. The van der Waals surface area contributed by atoms with Crippen molar-refractivity contribution < 1.29 is 9.47 Å². The normalized spacial score (nSPS) is 33.4. The maximum atomic E-state index is 5.64. The number of rotatable bonds is 4. The highest BCUT2D eigenvalue weighted by molar-refractivity contribution is 14.0. The van der Waals surface area contributed by atoms with E-state index in [2.05, 4.69) is 27.4 Å². The molecule has 0 aromatic rings. The third kappa shape index (κ3) is 4.94. The van der Waals surface area contributed by atoms with Crippen LogP contribution in [0.5, 0.6) is 0 Å². The number of hydrogen-bond acceptors (Lipinski definition) is 4. The molecule has 3 fully saturated rings. The van der Waals surface area contributed by atoms with E-state index in [0.29, 0.717) is 31.8 Å². The van der Waals surface area contributed by atoms with Crippen LogP contribution < -0.4 is 10.6 Å². The average molecular weight is 424 g/mol. The Balaban J connectivity index is 0.00000176. The summed E-state index contributed by atoms with van der Waals surface area (Å²) in [4.78, 5) is 6.95. The maximum Gasteiger partial charge on any atom is 0.191 e. The van der Waals surface area contributed by atoms with Crippen LogP contribution in [0.3, 0.4) is 0 Å². The lowest BCUT2D eigenvalue weighted by molar-refractivity contribution is -0.0850. The highest BCUT2D eigenvalue weighted by atomic mass is 127. The van der Waals surface area contributed by atoms with E-state index in [9.17, 15) is 0 Å². The molecule has 0 aromatic carbocycles. The number of nitrogens with zero attached hydrogens (tertiary/aromatic N) is 2. The Morgan fingerprint density at radius 1 is 1.27 bits per heavy atom. The molecule has 128 valence electrons. The largest absolute Gasteiger partial charge is 0.376 e. The Morgan fingerprint density at radius 3 is 2.73 bits per heavy atom. The minimum Gasteiger partial charge on any atom is -0.376 e. The summed E-state index contributed by atoms with van der Waals surface area (Å²) in [6.07, 6.45) is 2.89. The molecule has 2 aliphatic heterocycles. The van der Waals surface area contributed by atoms with Crippen LogP contribution in [0, 0.1) is 5.92 Å². The van der Waals surface area contributed by atoms with Crippen molar-refractivity contribution in [3.63, 3.8) is 0 Å². The topological polar surface area (TPSA) is 58.1 Å². The molecule has 1 saturated carbocycles. The smallest absolute Gasteiger partial charge is 0.191 e. The first-order chi connectivity index (χ1) is 10.3. The predicted octanol–water partition coefficient (Wildman–Crippen LogP) is 0.668. The van der Waals surface area contributed by atoms with Gasteiger partial charge in [-0.05, 0) is 18.8 Å². The summed E-state index contributed by atoms with van der Waals surface area (Å²) in [6, 6.07) is 1.34. The van der Waals surface area contributed by atoms with Gasteiger partial charge in [0, 0.05) is 38.8 Å². The van der Waals surface area contributed by atoms with Crippen molar-refractivity contribution in [1.82, 2.24) is 15.5 Å². The summed E-state index contributed by atoms with van der Waals surface area (Å²) in [5, 5.41) is 6.93. The van der Waals surface area contributed by atoms with Gasteiger partial charge >= 0.3 is 0 Å². The van der Waals surface area contributed by atoms with Gasteiger partial charge in [0.05, 0.1) is 25.9 Å². The number of guanidine groups is 1. The minimum absolute atomic E-state index is 0. The Morgan fingerprint density at radius 2 is 2.09 bits per heavy atom. The van der Waals surface area contributed by atoms with Gasteiger partial charge in [-0.25, -0.2) is 0 Å². The first kappa shape index (κ1) is 18.2. The Hall–Kier alpha value is -0.120. The van der Waals surface area contributed by atoms with E-state index in [-0.39, 0.29) is 30.1 Å². The molecule has 3 unspecified atom stereocenters. The zero-order chi connectivity index (χ0) is 14.7. The van der Waals surface area contributed by atoms with E-state index in [1.54, 1.807) is 0 Å². The van der Waals surface area contributed by atoms with Gasteiger partial charge in [0.2, 0.25) is 0 Å². The van der Waals surface area contributed by atoms with Crippen molar-refractivity contribution in [1.29, 1.82) is 0 Å². The van der Waals surface area contributed by atoms with E-state index in [1.807, 2.05) is 7.05 Å². The molecule has 7 heteroatoms. The molecule has 1 aliphatic carbocycles. The molecule has 22 heavy (non-hydrogen) atoms. The fourth-order valence-corrected chi connectivity index (χ4v) is 3.17. The van der Waals surface area contributed by atoms with Crippen molar-refractivity contribution in [2.45, 2.75) is 38.0 Å². The molecule has 0 spiro atoms. The number of hydrogen-bond donors (Lipinski definition) is 2. The Bertz CT molecular complexity index is 373. The van der Waals surface area contributed by atoms with Crippen LogP contribution >= 0.6 is 24.0 Å². The second kappa shape index (κ2) is 8.65. The predicted molar refractivity (Wildman–Crippen MR) is 98.0 cm³/mol. The molecule has 0 bridgehead atoms. The highest BCUT2D eigenvalue weighted by Gasteiger charge is 2.38. The Kier molecular flexibility index (Phi) is 7.17. The van der Waals surface area contributed by atoms with Gasteiger partial charge in [0.1, 0.15) is 0 Å². The number of aliphatic imine (C=N–C) groups is 1. The zero-order valence-corrected chi connectivity index (χ0v) is 15.9. The van der Waals surface area contributed by atoms with E-state index in [1.165, 1.54) is 19.4 Å². The molecule has 3 rings (SSSR count). The van der Waals surface area contributed by atoms with Crippen molar-refractivity contribution in [2.24, 2.45) is 10.9 Å². The molecule has 3 aliphatic rings. The molecule has 2 N–H and O–H groups in total. The van der Waals surface area contributed by atoms with Crippen molar-refractivity contribution in [3.8, 4) is 0 Å². The quantitative estimate of drug-likeness (QED) is 0.395. The molecule has 3 atom stereocenters. The van der Waals surface area contributed by atoms with Crippen LogP contribution in [-0.2, 0) is 9.47 Å². The van der Waals surface area contributed by atoms with Gasteiger partial charge in [-0.15, -0.1) is 24.0 Å². The first-order valence-corrected chi connectivity index (χ1v) is 8.17. The Labute approximate surface area is 150 Å². The van der Waals surface area contributed by atoms with Crippen molar-refractivity contribution >= 4 is 29.9 Å². The molecular formula is C15H29IN4O2. The summed E-state index contributed by atoms with van der Waals surface area (Å²) < 4.78 is 11.1. The molecule has 0 aromatic heterocycles. The monoisotopic (exact) mass is 424 g/mol. The molecular weight excluding hydrogens is 395 g/mol. The van der Waals surface area contributed by atoms with Gasteiger partial charge < -0.3 is 20.1 Å². The van der Waals surface area contributed by atoms with Crippen LogP contribution in [-0.4, -0.2) is 75.5 Å². The van der Waals surface area contributed by atoms with Crippen molar-refractivity contribution in [2.75, 3.05) is 46.5 Å². The van der Waals surface area contributed by atoms with E-state index >= 15 is 0 Å². The third-order valence-electron chi connectivity index (χ3n) is 4.63. The molecule has 0 amide bonds. The third-order valence-corrected chi connectivity index (χ3v) is 4.63. The van der Waals surface area contributed by atoms with Gasteiger partial charge in [-0.2, -0.15) is 0 Å². The van der Waals surface area contributed by atoms with E-state index < -0.39 is 0 Å².